The quantitative estimate of drug-likeness (QED) is 0.411. The van der Waals surface area contributed by atoms with E-state index in [2.05, 4.69) is 5.32 Å². The summed E-state index contributed by atoms with van der Waals surface area (Å²) in [6, 6.07) is 10.1. The molecule has 2 heterocycles. The van der Waals surface area contributed by atoms with Gasteiger partial charge in [0.15, 0.2) is 18.1 Å². The number of carbonyl (C=O) groups excluding carboxylic acids is 3. The number of hydrogen-bond acceptors (Lipinski definition) is 8. The Morgan fingerprint density at radius 2 is 1.74 bits per heavy atom. The summed E-state index contributed by atoms with van der Waals surface area (Å²) in [5, 5.41) is 3.15. The number of carbonyl (C=O) groups is 3. The molecule has 0 bridgehead atoms. The fourth-order valence-electron chi connectivity index (χ4n) is 3.51. The molecule has 1 amide bonds. The Hall–Kier alpha value is -3.27. The Kier molecular flexibility index (Phi) is 7.49. The summed E-state index contributed by atoms with van der Waals surface area (Å²) in [5.74, 6) is -0.786. The van der Waals surface area contributed by atoms with Gasteiger partial charge in [-0.2, -0.15) is 0 Å². The van der Waals surface area contributed by atoms with Crippen LogP contribution in [0.5, 0.6) is 11.5 Å². The predicted octanol–water partition coefficient (Wildman–Crippen LogP) is 5.26. The van der Waals surface area contributed by atoms with Gasteiger partial charge >= 0.3 is 11.9 Å². The lowest BCUT2D eigenvalue weighted by Crippen LogP contribution is -2.22. The first-order chi connectivity index (χ1) is 16.8. The van der Waals surface area contributed by atoms with Gasteiger partial charge in [-0.25, -0.2) is 9.59 Å². The first kappa shape index (κ1) is 24.8. The highest BCUT2D eigenvalue weighted by Gasteiger charge is 2.25. The molecule has 0 unspecified atom stereocenters. The van der Waals surface area contributed by atoms with Crippen molar-refractivity contribution in [3.8, 4) is 11.5 Å². The second-order valence-corrected chi connectivity index (χ2v) is 9.46. The Bertz CT molecular complexity index is 1300. The Labute approximate surface area is 214 Å². The first-order valence-corrected chi connectivity index (χ1v) is 11.9. The average Bonchev–Trinajstić information content (AvgIpc) is 3.41. The minimum absolute atomic E-state index is 0.0307. The van der Waals surface area contributed by atoms with E-state index in [0.29, 0.717) is 28.5 Å². The SMILES string of the molecule is COC(=O)c1c(NC(=O)COC(=O)c2c(Cl)cccc2Cl)sc(C)c1Cc1ccc2c(c1)OCO2. The molecule has 35 heavy (non-hydrogen) atoms. The third-order valence-corrected chi connectivity index (χ3v) is 6.86. The van der Waals surface area contributed by atoms with Crippen molar-refractivity contribution < 1.29 is 33.3 Å². The lowest BCUT2D eigenvalue weighted by Gasteiger charge is -2.10. The zero-order chi connectivity index (χ0) is 25.1. The van der Waals surface area contributed by atoms with Crippen LogP contribution in [0.2, 0.25) is 10.0 Å². The molecule has 182 valence electrons. The third kappa shape index (κ3) is 5.37. The number of anilines is 1. The summed E-state index contributed by atoms with van der Waals surface area (Å²) >= 11 is 13.2. The maximum absolute atomic E-state index is 12.6. The third-order valence-electron chi connectivity index (χ3n) is 5.17. The summed E-state index contributed by atoms with van der Waals surface area (Å²) in [7, 11) is 1.26. The van der Waals surface area contributed by atoms with Gasteiger partial charge in [-0.1, -0.05) is 35.3 Å². The van der Waals surface area contributed by atoms with Gasteiger partial charge in [0.25, 0.3) is 5.91 Å². The Morgan fingerprint density at radius 1 is 1.03 bits per heavy atom. The molecule has 1 aliphatic heterocycles. The van der Waals surface area contributed by atoms with Crippen molar-refractivity contribution in [2.24, 2.45) is 0 Å². The molecule has 0 saturated carbocycles. The van der Waals surface area contributed by atoms with Crippen molar-refractivity contribution in [3.05, 3.63) is 73.6 Å². The van der Waals surface area contributed by atoms with Crippen molar-refractivity contribution in [3.63, 3.8) is 0 Å². The Balaban J connectivity index is 1.51. The number of methoxy groups -OCH3 is 1. The van der Waals surface area contributed by atoms with E-state index in [4.69, 9.17) is 42.1 Å². The minimum atomic E-state index is -0.838. The first-order valence-electron chi connectivity index (χ1n) is 10.3. The van der Waals surface area contributed by atoms with E-state index in [9.17, 15) is 14.4 Å². The number of thiophene rings is 1. The number of nitrogens with one attached hydrogen (secondary N) is 1. The van der Waals surface area contributed by atoms with Crippen LogP contribution in [0.15, 0.2) is 36.4 Å². The monoisotopic (exact) mass is 535 g/mol. The molecule has 1 N–H and O–H groups in total. The number of fused-ring (bicyclic) bond motifs is 1. The van der Waals surface area contributed by atoms with E-state index in [1.807, 2.05) is 19.1 Å². The molecule has 0 atom stereocenters. The maximum Gasteiger partial charge on any atom is 0.341 e. The van der Waals surface area contributed by atoms with Crippen LogP contribution in [0, 0.1) is 6.92 Å². The highest BCUT2D eigenvalue weighted by atomic mass is 35.5. The Morgan fingerprint density at radius 3 is 2.46 bits per heavy atom. The molecule has 11 heteroatoms. The number of amides is 1. The summed E-state index contributed by atoms with van der Waals surface area (Å²) in [6.07, 6.45) is 0.402. The van der Waals surface area contributed by atoms with E-state index in [-0.39, 0.29) is 28.0 Å². The lowest BCUT2D eigenvalue weighted by atomic mass is 10.0. The van der Waals surface area contributed by atoms with Gasteiger partial charge in [0.1, 0.15) is 5.00 Å². The van der Waals surface area contributed by atoms with Crippen molar-refractivity contribution in [1.82, 2.24) is 0 Å². The fourth-order valence-corrected chi connectivity index (χ4v) is 5.14. The van der Waals surface area contributed by atoms with Gasteiger partial charge in [0, 0.05) is 4.88 Å². The van der Waals surface area contributed by atoms with Crippen LogP contribution in [0.25, 0.3) is 0 Å². The van der Waals surface area contributed by atoms with Crippen LogP contribution in [0.1, 0.15) is 36.7 Å². The van der Waals surface area contributed by atoms with Crippen molar-refractivity contribution >= 4 is 57.4 Å². The summed E-state index contributed by atoms with van der Waals surface area (Å²) in [5.41, 5.74) is 1.80. The molecule has 0 spiro atoms. The highest BCUT2D eigenvalue weighted by Crippen LogP contribution is 2.37. The van der Waals surface area contributed by atoms with E-state index in [0.717, 1.165) is 10.4 Å². The second kappa shape index (κ2) is 10.6. The predicted molar refractivity (Wildman–Crippen MR) is 131 cm³/mol. The van der Waals surface area contributed by atoms with Crippen LogP contribution < -0.4 is 14.8 Å². The number of halogens is 2. The van der Waals surface area contributed by atoms with Gasteiger partial charge in [-0.3, -0.25) is 4.79 Å². The number of rotatable bonds is 7. The minimum Gasteiger partial charge on any atom is -0.465 e. The van der Waals surface area contributed by atoms with E-state index in [1.165, 1.54) is 30.6 Å². The van der Waals surface area contributed by atoms with Crippen LogP contribution in [0.3, 0.4) is 0 Å². The normalized spacial score (nSPS) is 11.8. The molecule has 0 saturated heterocycles. The molecule has 0 aliphatic carbocycles. The lowest BCUT2D eigenvalue weighted by molar-refractivity contribution is -0.119. The fraction of sp³-hybridized carbons (Fsp3) is 0.208. The summed E-state index contributed by atoms with van der Waals surface area (Å²) in [6.45, 7) is 1.40. The molecule has 2 aromatic carbocycles. The maximum atomic E-state index is 12.6. The summed E-state index contributed by atoms with van der Waals surface area (Å²) in [4.78, 5) is 38.3. The van der Waals surface area contributed by atoms with Gasteiger partial charge in [-0.05, 0) is 48.7 Å². The highest BCUT2D eigenvalue weighted by molar-refractivity contribution is 7.16. The van der Waals surface area contributed by atoms with Gasteiger partial charge < -0.3 is 24.3 Å². The van der Waals surface area contributed by atoms with Gasteiger partial charge in [0.05, 0.1) is 28.3 Å². The number of esters is 2. The molecule has 8 nitrogen and oxygen atoms in total. The number of aryl methyl sites for hydroxylation is 1. The van der Waals surface area contributed by atoms with Gasteiger partial charge in [0.2, 0.25) is 6.79 Å². The van der Waals surface area contributed by atoms with E-state index in [1.54, 1.807) is 12.1 Å². The molecule has 4 rings (SSSR count). The molecule has 3 aromatic rings. The number of hydrogen-bond donors (Lipinski definition) is 1. The van der Waals surface area contributed by atoms with Crippen molar-refractivity contribution in [1.29, 1.82) is 0 Å². The molecule has 0 radical (unpaired) electrons. The molecule has 1 aliphatic rings. The zero-order valence-electron chi connectivity index (χ0n) is 18.6. The van der Waals surface area contributed by atoms with Crippen LogP contribution in [-0.2, 0) is 20.7 Å². The number of benzene rings is 2. The standard InChI is InChI=1S/C24H19Cl2NO7S/c1-12-14(8-13-6-7-17-18(9-13)34-11-33-17)20(23(29)31-2)22(35-12)27-19(28)10-32-24(30)21-15(25)4-3-5-16(21)26/h3-7,9H,8,10-11H2,1-2H3,(H,27,28). The molecule has 1 aromatic heterocycles. The van der Waals surface area contributed by atoms with Crippen molar-refractivity contribution in [2.75, 3.05) is 25.8 Å². The molecule has 0 fully saturated rings. The summed E-state index contributed by atoms with van der Waals surface area (Å²) < 4.78 is 20.8. The van der Waals surface area contributed by atoms with Gasteiger partial charge in [-0.15, -0.1) is 11.3 Å². The van der Waals surface area contributed by atoms with E-state index >= 15 is 0 Å². The zero-order valence-corrected chi connectivity index (χ0v) is 20.9. The average molecular weight is 536 g/mol. The van der Waals surface area contributed by atoms with E-state index < -0.39 is 24.5 Å². The smallest absolute Gasteiger partial charge is 0.341 e. The molecular formula is C24H19Cl2NO7S. The van der Waals surface area contributed by atoms with Crippen LogP contribution in [-0.4, -0.2) is 38.4 Å². The van der Waals surface area contributed by atoms with Crippen LogP contribution in [0.4, 0.5) is 5.00 Å². The largest absolute Gasteiger partial charge is 0.465 e. The van der Waals surface area contributed by atoms with Crippen molar-refractivity contribution in [2.45, 2.75) is 13.3 Å². The topological polar surface area (TPSA) is 100 Å². The van der Waals surface area contributed by atoms with Crippen LogP contribution >= 0.6 is 34.5 Å². The molecular weight excluding hydrogens is 517 g/mol. The second-order valence-electron chi connectivity index (χ2n) is 7.42. The number of ether oxygens (including phenoxy) is 4.